The Kier molecular flexibility index (Phi) is 6.94. The van der Waals surface area contributed by atoms with Crippen LogP contribution >= 0.6 is 11.3 Å². The van der Waals surface area contributed by atoms with E-state index in [2.05, 4.69) is 11.2 Å². The lowest BCUT2D eigenvalue weighted by Gasteiger charge is -2.16. The second-order valence-electron chi connectivity index (χ2n) is 8.97. The molecule has 0 aliphatic rings. The molecular weight excluding hydrogens is 505 g/mol. The quantitative estimate of drug-likeness (QED) is 0.306. The zero-order valence-corrected chi connectivity index (χ0v) is 21.9. The number of hydrogen-bond acceptors (Lipinski definition) is 8. The molecule has 194 valence electrons. The highest BCUT2D eigenvalue weighted by atomic mass is 32.1. The van der Waals surface area contributed by atoms with Crippen LogP contribution in [0.15, 0.2) is 48.8 Å². The largest absolute Gasteiger partial charge is 0.394 e. The van der Waals surface area contributed by atoms with Gasteiger partial charge >= 0.3 is 0 Å². The van der Waals surface area contributed by atoms with Crippen molar-refractivity contribution in [1.82, 2.24) is 24.4 Å². The van der Waals surface area contributed by atoms with Crippen LogP contribution in [0.5, 0.6) is 0 Å². The maximum atomic E-state index is 13.5. The van der Waals surface area contributed by atoms with Gasteiger partial charge in [-0.05, 0) is 55.3 Å². The molecule has 0 aliphatic carbocycles. The molecule has 0 amide bonds. The number of anilines is 2. The van der Waals surface area contributed by atoms with E-state index in [1.807, 2.05) is 48.6 Å². The van der Waals surface area contributed by atoms with Crippen LogP contribution in [-0.4, -0.2) is 54.4 Å². The SMILES string of the molecule is CCc1nn2c(C)cc(-c3cnn(CC(O)CO)c3)cc2c1N(C)c1nc(-c2ccc(F)cc2)c(C#N)s1. The highest BCUT2D eigenvalue weighted by Gasteiger charge is 2.23. The van der Waals surface area contributed by atoms with Gasteiger partial charge in [-0.2, -0.15) is 15.5 Å². The molecule has 0 bridgehead atoms. The van der Waals surface area contributed by atoms with E-state index in [0.717, 1.165) is 33.7 Å². The van der Waals surface area contributed by atoms with Gasteiger partial charge in [0.05, 0.1) is 42.4 Å². The molecule has 1 unspecified atom stereocenters. The normalized spacial score (nSPS) is 12.1. The summed E-state index contributed by atoms with van der Waals surface area (Å²) in [6, 6.07) is 12.2. The van der Waals surface area contributed by atoms with Crippen LogP contribution in [0.25, 0.3) is 27.9 Å². The molecule has 38 heavy (non-hydrogen) atoms. The van der Waals surface area contributed by atoms with E-state index >= 15 is 0 Å². The minimum Gasteiger partial charge on any atom is -0.394 e. The maximum Gasteiger partial charge on any atom is 0.191 e. The van der Waals surface area contributed by atoms with Gasteiger partial charge in [0.1, 0.15) is 22.5 Å². The summed E-state index contributed by atoms with van der Waals surface area (Å²) >= 11 is 1.27. The molecule has 0 aliphatic heterocycles. The van der Waals surface area contributed by atoms with Crippen molar-refractivity contribution in [2.45, 2.75) is 32.9 Å². The van der Waals surface area contributed by atoms with E-state index in [1.54, 1.807) is 23.0 Å². The Morgan fingerprint density at radius 1 is 1.18 bits per heavy atom. The maximum absolute atomic E-state index is 13.5. The lowest BCUT2D eigenvalue weighted by atomic mass is 10.1. The molecular formula is C27H26FN7O2S. The summed E-state index contributed by atoms with van der Waals surface area (Å²) in [6.07, 6.45) is 3.37. The Hall–Kier alpha value is -4.11. The lowest BCUT2D eigenvalue weighted by molar-refractivity contribution is 0.0783. The molecule has 0 fully saturated rings. The Bertz CT molecular complexity index is 1650. The first kappa shape index (κ1) is 25.5. The molecule has 4 aromatic heterocycles. The van der Waals surface area contributed by atoms with Crippen LogP contribution < -0.4 is 4.90 Å². The summed E-state index contributed by atoms with van der Waals surface area (Å²) in [5, 5.41) is 38.5. The van der Waals surface area contributed by atoms with Gasteiger partial charge in [0.15, 0.2) is 5.13 Å². The van der Waals surface area contributed by atoms with Crippen LogP contribution in [-0.2, 0) is 13.0 Å². The third-order valence-corrected chi connectivity index (χ3v) is 7.36. The number of rotatable bonds is 8. The number of halogens is 1. The van der Waals surface area contributed by atoms with Crippen molar-refractivity contribution in [3.05, 3.63) is 70.9 Å². The lowest BCUT2D eigenvalue weighted by Crippen LogP contribution is -2.19. The third kappa shape index (κ3) is 4.65. The van der Waals surface area contributed by atoms with E-state index < -0.39 is 6.10 Å². The summed E-state index contributed by atoms with van der Waals surface area (Å²) in [7, 11) is 1.90. The van der Waals surface area contributed by atoms with Crippen LogP contribution in [0.1, 0.15) is 23.2 Å². The number of nitriles is 1. The Balaban J connectivity index is 1.59. The number of fused-ring (bicyclic) bond motifs is 1. The van der Waals surface area contributed by atoms with Crippen LogP contribution in [0.4, 0.5) is 15.2 Å². The zero-order valence-electron chi connectivity index (χ0n) is 21.1. The van der Waals surface area contributed by atoms with Gasteiger partial charge in [-0.3, -0.25) is 4.68 Å². The van der Waals surface area contributed by atoms with Crippen molar-refractivity contribution in [3.8, 4) is 28.5 Å². The fourth-order valence-electron chi connectivity index (χ4n) is 4.43. The topological polar surface area (TPSA) is 116 Å². The fraction of sp³-hybridized carbons (Fsp3) is 0.259. The highest BCUT2D eigenvalue weighted by molar-refractivity contribution is 7.16. The number of hydrogen-bond donors (Lipinski definition) is 2. The summed E-state index contributed by atoms with van der Waals surface area (Å²) in [5.41, 5.74) is 6.56. The number of pyridine rings is 1. The van der Waals surface area contributed by atoms with Gasteiger partial charge < -0.3 is 15.1 Å². The number of nitrogens with zero attached hydrogens (tertiary/aromatic N) is 7. The van der Waals surface area contributed by atoms with Crippen LogP contribution in [0.3, 0.4) is 0 Å². The molecule has 11 heteroatoms. The zero-order chi connectivity index (χ0) is 27.0. The molecule has 1 aromatic carbocycles. The van der Waals surface area contributed by atoms with E-state index in [0.29, 0.717) is 27.7 Å². The molecule has 2 N–H and O–H groups in total. The fourth-order valence-corrected chi connectivity index (χ4v) is 5.28. The first-order chi connectivity index (χ1) is 18.3. The van der Waals surface area contributed by atoms with Crippen molar-refractivity contribution < 1.29 is 14.6 Å². The average molecular weight is 532 g/mol. The first-order valence-electron chi connectivity index (χ1n) is 12.1. The standard InChI is InChI=1S/C27H26FN7O2S/c1-4-22-26(33(3)27-31-25(24(11-29)38-27)17-5-7-20(28)8-6-17)23-10-18(9-16(2)35(23)32-22)19-12-30-34(13-19)14-21(37)15-36/h5-10,12-13,21,36-37H,4,14-15H2,1-3H3. The molecule has 0 radical (unpaired) electrons. The number of thiazole rings is 1. The monoisotopic (exact) mass is 531 g/mol. The smallest absolute Gasteiger partial charge is 0.191 e. The first-order valence-corrected chi connectivity index (χ1v) is 12.9. The van der Waals surface area contributed by atoms with E-state index in [4.69, 9.17) is 15.2 Å². The minimum absolute atomic E-state index is 0.194. The van der Waals surface area contributed by atoms with E-state index in [9.17, 15) is 14.8 Å². The second-order valence-corrected chi connectivity index (χ2v) is 9.95. The van der Waals surface area contributed by atoms with Gasteiger partial charge in [0.2, 0.25) is 0 Å². The summed E-state index contributed by atoms with van der Waals surface area (Å²) in [6.45, 7) is 3.88. The Morgan fingerprint density at radius 2 is 1.95 bits per heavy atom. The molecule has 0 saturated heterocycles. The number of aliphatic hydroxyl groups excluding tert-OH is 2. The summed E-state index contributed by atoms with van der Waals surface area (Å²) in [4.78, 5) is 7.16. The Morgan fingerprint density at radius 3 is 2.63 bits per heavy atom. The number of benzene rings is 1. The summed E-state index contributed by atoms with van der Waals surface area (Å²) in [5.74, 6) is -0.347. The number of aliphatic hydroxyl groups is 2. The molecule has 0 saturated carbocycles. The van der Waals surface area contributed by atoms with Gasteiger partial charge in [-0.25, -0.2) is 13.9 Å². The predicted octanol–water partition coefficient (Wildman–Crippen LogP) is 4.32. The molecule has 5 aromatic rings. The number of aromatic nitrogens is 5. The van der Waals surface area contributed by atoms with Crippen LogP contribution in [0, 0.1) is 24.1 Å². The van der Waals surface area contributed by atoms with E-state index in [-0.39, 0.29) is 19.0 Å². The number of aryl methyl sites for hydroxylation is 2. The van der Waals surface area contributed by atoms with Gasteiger partial charge in [-0.15, -0.1) is 0 Å². The minimum atomic E-state index is -0.884. The van der Waals surface area contributed by atoms with Gasteiger partial charge in [0.25, 0.3) is 0 Å². The van der Waals surface area contributed by atoms with Crippen molar-refractivity contribution in [1.29, 1.82) is 5.26 Å². The van der Waals surface area contributed by atoms with Crippen molar-refractivity contribution in [2.75, 3.05) is 18.6 Å². The molecule has 4 heterocycles. The second kappa shape index (κ2) is 10.3. The third-order valence-electron chi connectivity index (χ3n) is 6.32. The van der Waals surface area contributed by atoms with Crippen molar-refractivity contribution in [3.63, 3.8) is 0 Å². The molecule has 1 atom stereocenters. The molecule has 5 rings (SSSR count). The predicted molar refractivity (Wildman–Crippen MR) is 144 cm³/mol. The Labute approximate surface area is 222 Å². The average Bonchev–Trinajstić information content (AvgIpc) is 3.65. The van der Waals surface area contributed by atoms with Crippen molar-refractivity contribution in [2.24, 2.45) is 0 Å². The van der Waals surface area contributed by atoms with E-state index in [1.165, 1.54) is 23.5 Å². The van der Waals surface area contributed by atoms with Gasteiger partial charge in [-0.1, -0.05) is 18.3 Å². The van der Waals surface area contributed by atoms with Gasteiger partial charge in [0, 0.05) is 30.1 Å². The molecule has 0 spiro atoms. The van der Waals surface area contributed by atoms with Crippen molar-refractivity contribution >= 4 is 27.7 Å². The van der Waals surface area contributed by atoms with Crippen LogP contribution in [0.2, 0.25) is 0 Å². The summed E-state index contributed by atoms with van der Waals surface area (Å²) < 4.78 is 17.0. The highest BCUT2D eigenvalue weighted by Crippen LogP contribution is 2.39. The molecule has 9 nitrogen and oxygen atoms in total.